The first-order valence-electron chi connectivity index (χ1n) is 6.99. The summed E-state index contributed by atoms with van der Waals surface area (Å²) in [5.41, 5.74) is 3.28. The second-order valence-corrected chi connectivity index (χ2v) is 5.47. The Kier molecular flexibility index (Phi) is 3.27. The molecule has 1 aliphatic rings. The minimum Gasteiger partial charge on any atom is -0.361 e. The summed E-state index contributed by atoms with van der Waals surface area (Å²) in [5, 5.41) is 13.6. The van der Waals surface area contributed by atoms with Gasteiger partial charge in [-0.05, 0) is 62.0 Å². The van der Waals surface area contributed by atoms with Gasteiger partial charge in [0, 0.05) is 17.1 Å². The molecule has 0 aliphatic heterocycles. The topological polar surface area (TPSA) is 51.6 Å². The number of hydrogen-bond donors (Lipinski definition) is 2. The molecule has 0 radical (unpaired) electrons. The highest BCUT2D eigenvalue weighted by atomic mass is 14.8. The van der Waals surface area contributed by atoms with Gasteiger partial charge in [0.1, 0.15) is 0 Å². The first-order chi connectivity index (χ1) is 9.33. The van der Waals surface area contributed by atoms with E-state index in [1.165, 1.54) is 30.2 Å². The van der Waals surface area contributed by atoms with E-state index in [0.717, 1.165) is 23.5 Å². The number of aromatic amines is 1. The summed E-state index contributed by atoms with van der Waals surface area (Å²) in [6, 6.07) is 8.15. The molecule has 1 heterocycles. The Labute approximate surface area is 113 Å². The highest BCUT2D eigenvalue weighted by Gasteiger charge is 2.29. The van der Waals surface area contributed by atoms with Gasteiger partial charge in [-0.25, -0.2) is 0 Å². The van der Waals surface area contributed by atoms with E-state index in [2.05, 4.69) is 22.6 Å². The number of H-pyrrole nitrogens is 1. The zero-order valence-electron chi connectivity index (χ0n) is 11.2. The van der Waals surface area contributed by atoms with Gasteiger partial charge in [-0.1, -0.05) is 6.42 Å². The van der Waals surface area contributed by atoms with Crippen LogP contribution < -0.4 is 5.32 Å². The van der Waals surface area contributed by atoms with Crippen LogP contribution in [-0.2, 0) is 0 Å². The summed E-state index contributed by atoms with van der Waals surface area (Å²) in [4.78, 5) is 3.35. The lowest BCUT2D eigenvalue weighted by Crippen LogP contribution is -2.20. The molecule has 1 fully saturated rings. The van der Waals surface area contributed by atoms with Crippen LogP contribution >= 0.6 is 0 Å². The van der Waals surface area contributed by atoms with Crippen LogP contribution in [0.4, 0.5) is 0 Å². The van der Waals surface area contributed by atoms with Gasteiger partial charge in [-0.3, -0.25) is 0 Å². The first kappa shape index (κ1) is 12.3. The average molecular weight is 253 g/mol. The van der Waals surface area contributed by atoms with Crippen molar-refractivity contribution in [2.75, 3.05) is 13.6 Å². The minimum atomic E-state index is 0.621. The van der Waals surface area contributed by atoms with Crippen molar-refractivity contribution < 1.29 is 0 Å². The van der Waals surface area contributed by atoms with Gasteiger partial charge in [-0.2, -0.15) is 5.26 Å². The normalized spacial score (nSPS) is 22.7. The fourth-order valence-electron chi connectivity index (χ4n) is 3.47. The SMILES string of the molecule is CNC[C@@H]1CCC[C@H]1c1c[nH]c2ccc(C#N)cc12. The molecular formula is C16H19N3. The van der Waals surface area contributed by atoms with Crippen LogP contribution in [0, 0.1) is 17.2 Å². The number of nitriles is 1. The largest absolute Gasteiger partial charge is 0.361 e. The molecule has 2 N–H and O–H groups in total. The van der Waals surface area contributed by atoms with E-state index in [-0.39, 0.29) is 0 Å². The zero-order chi connectivity index (χ0) is 13.2. The molecule has 2 atom stereocenters. The van der Waals surface area contributed by atoms with Gasteiger partial charge < -0.3 is 10.3 Å². The first-order valence-corrected chi connectivity index (χ1v) is 6.99. The van der Waals surface area contributed by atoms with Crippen molar-refractivity contribution >= 4 is 10.9 Å². The van der Waals surface area contributed by atoms with Crippen molar-refractivity contribution in [1.29, 1.82) is 5.26 Å². The van der Waals surface area contributed by atoms with E-state index in [0.29, 0.717) is 5.92 Å². The van der Waals surface area contributed by atoms with Crippen molar-refractivity contribution in [2.45, 2.75) is 25.2 Å². The molecule has 1 aromatic heterocycles. The number of nitrogens with one attached hydrogen (secondary N) is 2. The summed E-state index contributed by atoms with van der Waals surface area (Å²) in [5.74, 6) is 1.34. The maximum atomic E-state index is 9.06. The summed E-state index contributed by atoms with van der Waals surface area (Å²) in [6.45, 7) is 1.08. The Morgan fingerprint density at radius 1 is 1.42 bits per heavy atom. The molecular weight excluding hydrogens is 234 g/mol. The van der Waals surface area contributed by atoms with Crippen LogP contribution in [0.1, 0.15) is 36.3 Å². The molecule has 3 rings (SSSR count). The van der Waals surface area contributed by atoms with Gasteiger partial charge in [0.25, 0.3) is 0 Å². The number of rotatable bonds is 3. The number of benzene rings is 1. The molecule has 0 saturated heterocycles. The van der Waals surface area contributed by atoms with Crippen LogP contribution in [0.3, 0.4) is 0 Å². The number of hydrogen-bond acceptors (Lipinski definition) is 2. The number of nitrogens with zero attached hydrogens (tertiary/aromatic N) is 1. The molecule has 0 unspecified atom stereocenters. The van der Waals surface area contributed by atoms with Crippen LogP contribution in [-0.4, -0.2) is 18.6 Å². The minimum absolute atomic E-state index is 0.621. The van der Waals surface area contributed by atoms with Gasteiger partial charge >= 0.3 is 0 Å². The molecule has 19 heavy (non-hydrogen) atoms. The molecule has 1 aliphatic carbocycles. The van der Waals surface area contributed by atoms with Crippen LogP contribution in [0.5, 0.6) is 0 Å². The van der Waals surface area contributed by atoms with E-state index in [9.17, 15) is 0 Å². The summed E-state index contributed by atoms with van der Waals surface area (Å²) in [7, 11) is 2.03. The Hall–Kier alpha value is -1.79. The Morgan fingerprint density at radius 2 is 2.32 bits per heavy atom. The summed E-state index contributed by atoms with van der Waals surface area (Å²) >= 11 is 0. The lowest BCUT2D eigenvalue weighted by molar-refractivity contribution is 0.464. The zero-order valence-corrected chi connectivity index (χ0v) is 11.2. The van der Waals surface area contributed by atoms with Gasteiger partial charge in [-0.15, -0.1) is 0 Å². The van der Waals surface area contributed by atoms with Crippen LogP contribution in [0.2, 0.25) is 0 Å². The Morgan fingerprint density at radius 3 is 3.11 bits per heavy atom. The molecule has 1 aromatic carbocycles. The Bertz CT molecular complexity index is 620. The summed E-state index contributed by atoms with van der Waals surface area (Å²) in [6.07, 6.45) is 6.01. The average Bonchev–Trinajstić information content (AvgIpc) is 3.04. The second kappa shape index (κ2) is 5.07. The van der Waals surface area contributed by atoms with Crippen molar-refractivity contribution in [1.82, 2.24) is 10.3 Å². The van der Waals surface area contributed by atoms with E-state index < -0.39 is 0 Å². The molecule has 3 nitrogen and oxygen atoms in total. The highest BCUT2D eigenvalue weighted by Crippen LogP contribution is 2.42. The molecule has 1 saturated carbocycles. The monoisotopic (exact) mass is 253 g/mol. The van der Waals surface area contributed by atoms with Crippen molar-refractivity contribution in [3.05, 3.63) is 35.5 Å². The summed E-state index contributed by atoms with van der Waals surface area (Å²) < 4.78 is 0. The van der Waals surface area contributed by atoms with Crippen LogP contribution in [0.15, 0.2) is 24.4 Å². The van der Waals surface area contributed by atoms with Gasteiger partial charge in [0.2, 0.25) is 0 Å². The van der Waals surface area contributed by atoms with E-state index in [1.807, 2.05) is 25.2 Å². The number of fused-ring (bicyclic) bond motifs is 1. The quantitative estimate of drug-likeness (QED) is 0.883. The highest BCUT2D eigenvalue weighted by molar-refractivity contribution is 5.85. The molecule has 0 spiro atoms. The third-order valence-corrected chi connectivity index (χ3v) is 4.37. The second-order valence-electron chi connectivity index (χ2n) is 5.47. The molecule has 2 aromatic rings. The lowest BCUT2D eigenvalue weighted by atomic mass is 9.88. The molecule has 98 valence electrons. The number of aromatic nitrogens is 1. The fourth-order valence-corrected chi connectivity index (χ4v) is 3.47. The standard InChI is InChI=1S/C16H19N3/c1-18-9-12-3-2-4-13(12)15-10-19-16-6-5-11(8-17)7-14(15)16/h5-7,10,12-13,18-19H,2-4,9H2,1H3/t12-,13+/m0/s1. The van der Waals surface area contributed by atoms with Crippen molar-refractivity contribution in [2.24, 2.45) is 5.92 Å². The van der Waals surface area contributed by atoms with Gasteiger partial charge in [0.05, 0.1) is 11.6 Å². The maximum Gasteiger partial charge on any atom is 0.0991 e. The van der Waals surface area contributed by atoms with E-state index in [1.54, 1.807) is 0 Å². The maximum absolute atomic E-state index is 9.06. The van der Waals surface area contributed by atoms with E-state index >= 15 is 0 Å². The third-order valence-electron chi connectivity index (χ3n) is 4.37. The fraction of sp³-hybridized carbons (Fsp3) is 0.438. The van der Waals surface area contributed by atoms with Crippen LogP contribution in [0.25, 0.3) is 10.9 Å². The van der Waals surface area contributed by atoms with Gasteiger partial charge in [0.15, 0.2) is 0 Å². The lowest BCUT2D eigenvalue weighted by Gasteiger charge is -2.18. The molecule has 0 bridgehead atoms. The van der Waals surface area contributed by atoms with E-state index in [4.69, 9.17) is 5.26 Å². The molecule has 3 heteroatoms. The van der Waals surface area contributed by atoms with Crippen molar-refractivity contribution in [3.63, 3.8) is 0 Å². The predicted octanol–water partition coefficient (Wildman–Crippen LogP) is 3.14. The predicted molar refractivity (Wildman–Crippen MR) is 77.0 cm³/mol. The smallest absolute Gasteiger partial charge is 0.0991 e. The van der Waals surface area contributed by atoms with Crippen molar-refractivity contribution in [3.8, 4) is 6.07 Å². The molecule has 0 amide bonds. The Balaban J connectivity index is 2.02. The third kappa shape index (κ3) is 2.13.